The Morgan fingerprint density at radius 2 is 1.79 bits per heavy atom. The van der Waals surface area contributed by atoms with E-state index in [0.29, 0.717) is 10.7 Å². The van der Waals surface area contributed by atoms with Crippen LogP contribution in [-0.2, 0) is 9.84 Å². The normalized spacial score (nSPS) is 11.6. The molecule has 1 aromatic heterocycles. The number of para-hydroxylation sites is 1. The van der Waals surface area contributed by atoms with Gasteiger partial charge in [0, 0.05) is 12.6 Å². The lowest BCUT2D eigenvalue weighted by molar-refractivity contribution is 0.0993. The summed E-state index contributed by atoms with van der Waals surface area (Å²) in [5, 5.41) is 0.603. The van der Waals surface area contributed by atoms with Gasteiger partial charge in [0.15, 0.2) is 15.0 Å². The van der Waals surface area contributed by atoms with Gasteiger partial charge in [-0.1, -0.05) is 30.4 Å². The average Bonchev–Trinajstić information content (AvgIpc) is 3.04. The topological polar surface area (TPSA) is 67.3 Å². The first-order valence-corrected chi connectivity index (χ1v) is 9.85. The Bertz CT molecular complexity index is 959. The largest absolute Gasteiger partial charge is 0.287 e. The first-order chi connectivity index (χ1) is 11.4. The smallest absolute Gasteiger partial charge is 0.259 e. The maximum Gasteiger partial charge on any atom is 0.259 e. The van der Waals surface area contributed by atoms with E-state index in [1.165, 1.54) is 40.5 Å². The summed E-state index contributed by atoms with van der Waals surface area (Å²) in [5.74, 6) is -0.194. The lowest BCUT2D eigenvalue weighted by Crippen LogP contribution is -2.26. The third-order valence-corrected chi connectivity index (χ3v) is 6.58. The molecular formula is C17H16N2O3S2. The number of carbonyl (C=O) groups is 1. The number of benzene rings is 2. The summed E-state index contributed by atoms with van der Waals surface area (Å²) < 4.78 is 24.7. The van der Waals surface area contributed by atoms with E-state index in [2.05, 4.69) is 4.98 Å². The molecule has 0 fully saturated rings. The van der Waals surface area contributed by atoms with E-state index < -0.39 is 9.84 Å². The lowest BCUT2D eigenvalue weighted by Gasteiger charge is -2.13. The molecule has 1 amide bonds. The van der Waals surface area contributed by atoms with E-state index in [-0.39, 0.29) is 16.6 Å². The highest BCUT2D eigenvalue weighted by Gasteiger charge is 2.18. The lowest BCUT2D eigenvalue weighted by atomic mass is 10.2. The number of amides is 1. The van der Waals surface area contributed by atoms with Gasteiger partial charge in [-0.05, 0) is 36.4 Å². The number of hydrogen-bond donors (Lipinski definition) is 0. The predicted molar refractivity (Wildman–Crippen MR) is 96.5 cm³/mol. The van der Waals surface area contributed by atoms with Gasteiger partial charge in [-0.3, -0.25) is 9.69 Å². The molecule has 0 aliphatic heterocycles. The summed E-state index contributed by atoms with van der Waals surface area (Å²) in [4.78, 5) is 18.8. The van der Waals surface area contributed by atoms with Crippen LogP contribution in [0.15, 0.2) is 53.4 Å². The Morgan fingerprint density at radius 3 is 2.42 bits per heavy atom. The standard InChI is InChI=1S/C17H16N2O3S2/c1-3-24(21,22)13-10-8-12(9-11-13)16(20)19(2)17-18-14-6-4-5-7-15(14)23-17/h4-11H,3H2,1-2H3. The highest BCUT2D eigenvalue weighted by molar-refractivity contribution is 7.91. The van der Waals surface area contributed by atoms with Crippen LogP contribution in [0.25, 0.3) is 10.2 Å². The quantitative estimate of drug-likeness (QED) is 0.715. The van der Waals surface area contributed by atoms with Gasteiger partial charge in [-0.2, -0.15) is 0 Å². The first-order valence-electron chi connectivity index (χ1n) is 7.39. The summed E-state index contributed by atoms with van der Waals surface area (Å²) in [6, 6.07) is 13.7. The van der Waals surface area contributed by atoms with Gasteiger partial charge >= 0.3 is 0 Å². The van der Waals surface area contributed by atoms with Crippen LogP contribution in [-0.4, -0.2) is 32.1 Å². The zero-order chi connectivity index (χ0) is 17.3. The zero-order valence-corrected chi connectivity index (χ0v) is 14.9. The number of fused-ring (bicyclic) bond motifs is 1. The fourth-order valence-electron chi connectivity index (χ4n) is 2.26. The molecule has 0 atom stereocenters. The molecule has 3 rings (SSSR count). The molecule has 0 radical (unpaired) electrons. The maximum absolute atomic E-state index is 12.6. The van der Waals surface area contributed by atoms with Crippen molar-refractivity contribution in [2.75, 3.05) is 17.7 Å². The molecule has 0 aliphatic rings. The van der Waals surface area contributed by atoms with Crippen molar-refractivity contribution >= 4 is 42.4 Å². The van der Waals surface area contributed by atoms with Crippen molar-refractivity contribution in [2.45, 2.75) is 11.8 Å². The van der Waals surface area contributed by atoms with Crippen molar-refractivity contribution < 1.29 is 13.2 Å². The first kappa shape index (κ1) is 16.6. The van der Waals surface area contributed by atoms with E-state index in [0.717, 1.165) is 10.2 Å². The Balaban J connectivity index is 1.88. The van der Waals surface area contributed by atoms with Gasteiger partial charge < -0.3 is 0 Å². The van der Waals surface area contributed by atoms with Crippen molar-refractivity contribution in [1.29, 1.82) is 0 Å². The summed E-state index contributed by atoms with van der Waals surface area (Å²) in [6.07, 6.45) is 0. The second-order valence-corrected chi connectivity index (χ2v) is 8.54. The Labute approximate surface area is 144 Å². The van der Waals surface area contributed by atoms with Gasteiger partial charge in [0.2, 0.25) is 0 Å². The van der Waals surface area contributed by atoms with Crippen molar-refractivity contribution in [3.05, 3.63) is 54.1 Å². The van der Waals surface area contributed by atoms with Crippen LogP contribution in [0.5, 0.6) is 0 Å². The van der Waals surface area contributed by atoms with Crippen LogP contribution in [0.3, 0.4) is 0 Å². The zero-order valence-electron chi connectivity index (χ0n) is 13.3. The van der Waals surface area contributed by atoms with Crippen LogP contribution in [0, 0.1) is 0 Å². The number of thiazole rings is 1. The number of anilines is 1. The molecule has 0 saturated carbocycles. The maximum atomic E-state index is 12.6. The highest BCUT2D eigenvalue weighted by atomic mass is 32.2. The number of nitrogens with zero attached hydrogens (tertiary/aromatic N) is 2. The fraction of sp³-hybridized carbons (Fsp3) is 0.176. The van der Waals surface area contributed by atoms with Crippen molar-refractivity contribution in [3.8, 4) is 0 Å². The van der Waals surface area contributed by atoms with Crippen LogP contribution < -0.4 is 4.90 Å². The summed E-state index contributed by atoms with van der Waals surface area (Å²) in [5.41, 5.74) is 1.27. The fourth-order valence-corrected chi connectivity index (χ4v) is 4.07. The van der Waals surface area contributed by atoms with Gasteiger partial charge in [-0.15, -0.1) is 0 Å². The molecular weight excluding hydrogens is 344 g/mol. The molecule has 124 valence electrons. The predicted octanol–water partition coefficient (Wildman–Crippen LogP) is 3.37. The number of rotatable bonds is 4. The molecule has 2 aromatic carbocycles. The van der Waals surface area contributed by atoms with E-state index in [1.54, 1.807) is 14.0 Å². The summed E-state index contributed by atoms with van der Waals surface area (Å²) in [6.45, 7) is 1.59. The minimum Gasteiger partial charge on any atom is -0.287 e. The molecule has 0 saturated heterocycles. The monoisotopic (exact) mass is 360 g/mol. The molecule has 7 heteroatoms. The second kappa shape index (κ2) is 6.33. The van der Waals surface area contributed by atoms with Crippen molar-refractivity contribution in [1.82, 2.24) is 4.98 Å². The summed E-state index contributed by atoms with van der Waals surface area (Å²) in [7, 11) is -1.60. The number of aromatic nitrogens is 1. The molecule has 5 nitrogen and oxygen atoms in total. The SMILES string of the molecule is CCS(=O)(=O)c1ccc(C(=O)N(C)c2nc3ccccc3s2)cc1. The van der Waals surface area contributed by atoms with Crippen molar-refractivity contribution in [2.24, 2.45) is 0 Å². The third-order valence-electron chi connectivity index (χ3n) is 3.71. The molecule has 0 aliphatic carbocycles. The molecule has 0 bridgehead atoms. The molecule has 0 N–H and O–H groups in total. The highest BCUT2D eigenvalue weighted by Crippen LogP contribution is 2.28. The van der Waals surface area contributed by atoms with E-state index in [1.807, 2.05) is 24.3 Å². The van der Waals surface area contributed by atoms with Crippen LogP contribution in [0.2, 0.25) is 0 Å². The third kappa shape index (κ3) is 3.05. The van der Waals surface area contributed by atoms with E-state index >= 15 is 0 Å². The number of carbonyl (C=O) groups excluding carboxylic acids is 1. The summed E-state index contributed by atoms with van der Waals surface area (Å²) >= 11 is 1.44. The van der Waals surface area contributed by atoms with Crippen LogP contribution in [0.1, 0.15) is 17.3 Å². The Kier molecular flexibility index (Phi) is 4.38. The van der Waals surface area contributed by atoms with Gasteiger partial charge in [0.25, 0.3) is 5.91 Å². The van der Waals surface area contributed by atoms with E-state index in [4.69, 9.17) is 0 Å². The molecule has 0 unspecified atom stereocenters. The van der Waals surface area contributed by atoms with E-state index in [9.17, 15) is 13.2 Å². The molecule has 24 heavy (non-hydrogen) atoms. The Morgan fingerprint density at radius 1 is 1.12 bits per heavy atom. The number of sulfone groups is 1. The van der Waals surface area contributed by atoms with Gasteiger partial charge in [0.05, 0.1) is 20.9 Å². The van der Waals surface area contributed by atoms with Gasteiger partial charge in [0.1, 0.15) is 0 Å². The second-order valence-electron chi connectivity index (χ2n) is 5.26. The molecule has 0 spiro atoms. The van der Waals surface area contributed by atoms with Gasteiger partial charge in [-0.25, -0.2) is 13.4 Å². The van der Waals surface area contributed by atoms with Crippen LogP contribution in [0.4, 0.5) is 5.13 Å². The number of hydrogen-bond acceptors (Lipinski definition) is 5. The molecule has 3 aromatic rings. The molecule has 1 heterocycles. The minimum atomic E-state index is -3.27. The average molecular weight is 360 g/mol. The minimum absolute atomic E-state index is 0.0336. The van der Waals surface area contributed by atoms with Crippen molar-refractivity contribution in [3.63, 3.8) is 0 Å². The van der Waals surface area contributed by atoms with Crippen LogP contribution >= 0.6 is 11.3 Å². The Hall–Kier alpha value is -2.25.